The van der Waals surface area contributed by atoms with E-state index in [9.17, 15) is 0 Å². The molecule has 0 unspecified atom stereocenters. The van der Waals surface area contributed by atoms with E-state index in [1.165, 1.54) is 0 Å². The number of benzene rings is 1. The predicted molar refractivity (Wildman–Crippen MR) is 68.8 cm³/mol. The van der Waals surface area contributed by atoms with Gasteiger partial charge in [-0.15, -0.1) is 0 Å². The van der Waals surface area contributed by atoms with E-state index in [0.29, 0.717) is 0 Å². The second-order valence-electron chi connectivity index (χ2n) is 4.60. The topological polar surface area (TPSA) is 80.9 Å². The van der Waals surface area contributed by atoms with E-state index >= 15 is 0 Å². The van der Waals surface area contributed by atoms with Crippen LogP contribution in [0.5, 0.6) is 0 Å². The minimum Gasteiger partial charge on any atom is -0.393 e. The Labute approximate surface area is 108 Å². The molecule has 0 heterocycles. The molecule has 0 atom stereocenters. The van der Waals surface area contributed by atoms with Crippen LogP contribution in [0, 0.1) is 0 Å². The normalized spacial score (nSPS) is 23.1. The van der Waals surface area contributed by atoms with Crippen LogP contribution in [-0.2, 0) is 13.2 Å². The Hall–Kier alpha value is -0.940. The molecule has 0 aliphatic heterocycles. The highest BCUT2D eigenvalue weighted by atomic mass is 16.3. The van der Waals surface area contributed by atoms with Gasteiger partial charge in [0, 0.05) is 0 Å². The smallest absolute Gasteiger partial charge is 0.0681 e. The van der Waals surface area contributed by atoms with Crippen LogP contribution in [0.2, 0.25) is 0 Å². The molecule has 0 radical (unpaired) electrons. The molecule has 1 aromatic rings. The van der Waals surface area contributed by atoms with Crippen LogP contribution in [0.25, 0.3) is 0 Å². The first-order valence-electron chi connectivity index (χ1n) is 6.31. The molecular weight excluding hydrogens is 232 g/mol. The van der Waals surface area contributed by atoms with Gasteiger partial charge in [-0.05, 0) is 36.8 Å². The van der Waals surface area contributed by atoms with Gasteiger partial charge in [-0.2, -0.15) is 0 Å². The van der Waals surface area contributed by atoms with Crippen molar-refractivity contribution in [2.24, 2.45) is 0 Å². The van der Waals surface area contributed by atoms with Crippen molar-refractivity contribution < 1.29 is 20.4 Å². The maximum atomic E-state index is 8.92. The van der Waals surface area contributed by atoms with Crippen molar-refractivity contribution >= 4 is 0 Å². The summed E-state index contributed by atoms with van der Waals surface area (Å²) >= 11 is 0. The van der Waals surface area contributed by atoms with Crippen LogP contribution < -0.4 is 0 Å². The van der Waals surface area contributed by atoms with Crippen LogP contribution in [0.15, 0.2) is 24.3 Å². The number of aliphatic hydroxyl groups excluding tert-OH is 4. The highest BCUT2D eigenvalue weighted by Gasteiger charge is 2.15. The Morgan fingerprint density at radius 3 is 1.22 bits per heavy atom. The molecule has 0 amide bonds. The summed E-state index contributed by atoms with van der Waals surface area (Å²) in [5, 5.41) is 35.1. The molecule has 0 aromatic heterocycles. The highest BCUT2D eigenvalue weighted by molar-refractivity contribution is 5.21. The third-order valence-electron chi connectivity index (χ3n) is 3.05. The lowest BCUT2D eigenvalue weighted by atomic mass is 9.95. The van der Waals surface area contributed by atoms with Gasteiger partial charge in [0.1, 0.15) is 0 Å². The third-order valence-corrected chi connectivity index (χ3v) is 3.05. The van der Waals surface area contributed by atoms with Gasteiger partial charge < -0.3 is 20.4 Å². The fourth-order valence-corrected chi connectivity index (χ4v) is 1.81. The molecule has 1 fully saturated rings. The molecular formula is C14H22O4. The monoisotopic (exact) mass is 254 g/mol. The lowest BCUT2D eigenvalue weighted by molar-refractivity contribution is 0.0541. The van der Waals surface area contributed by atoms with Crippen LogP contribution in [-0.4, -0.2) is 32.6 Å². The Bertz CT molecular complexity index is 282. The number of hydrogen-bond acceptors (Lipinski definition) is 4. The lowest BCUT2D eigenvalue weighted by Crippen LogP contribution is -2.21. The fourth-order valence-electron chi connectivity index (χ4n) is 1.81. The third kappa shape index (κ3) is 5.60. The van der Waals surface area contributed by atoms with Gasteiger partial charge >= 0.3 is 0 Å². The van der Waals surface area contributed by atoms with Gasteiger partial charge in [0.05, 0.1) is 25.4 Å². The standard InChI is InChI=1S/C8H10O2.C6H12O2/c9-5-7-1-2-8(6-10)4-3-7;7-5-1-2-6(8)4-3-5/h1-4,9-10H,5-6H2;5-8H,1-4H2. The minimum absolute atomic E-state index is 0.0612. The molecule has 1 aliphatic rings. The first-order valence-corrected chi connectivity index (χ1v) is 6.31. The van der Waals surface area contributed by atoms with Crippen molar-refractivity contribution in [1.29, 1.82) is 0 Å². The zero-order chi connectivity index (χ0) is 13.4. The maximum Gasteiger partial charge on any atom is 0.0681 e. The Morgan fingerprint density at radius 1 is 0.722 bits per heavy atom. The van der Waals surface area contributed by atoms with E-state index in [2.05, 4.69) is 0 Å². The average Bonchev–Trinajstić information content (AvgIpc) is 2.43. The molecule has 1 aromatic carbocycles. The minimum atomic E-state index is -0.140. The SMILES string of the molecule is OC1CCC(O)CC1.OCc1ccc(CO)cc1. The van der Waals surface area contributed by atoms with Crippen molar-refractivity contribution in [2.75, 3.05) is 0 Å². The number of hydrogen-bond donors (Lipinski definition) is 4. The summed E-state index contributed by atoms with van der Waals surface area (Å²) in [4.78, 5) is 0. The first-order chi connectivity index (χ1) is 8.65. The number of rotatable bonds is 2. The molecule has 4 nitrogen and oxygen atoms in total. The van der Waals surface area contributed by atoms with E-state index in [0.717, 1.165) is 36.8 Å². The number of aliphatic hydroxyl groups is 4. The summed E-state index contributed by atoms with van der Waals surface area (Å²) in [6.07, 6.45) is 2.83. The van der Waals surface area contributed by atoms with Gasteiger partial charge in [0.2, 0.25) is 0 Å². The molecule has 2 rings (SSSR count). The molecule has 4 N–H and O–H groups in total. The van der Waals surface area contributed by atoms with Gasteiger partial charge in [-0.3, -0.25) is 0 Å². The molecule has 0 spiro atoms. The molecule has 4 heteroatoms. The molecule has 1 saturated carbocycles. The summed E-state index contributed by atoms with van der Waals surface area (Å²) in [5.41, 5.74) is 1.74. The van der Waals surface area contributed by atoms with Gasteiger partial charge in [0.25, 0.3) is 0 Å². The lowest BCUT2D eigenvalue weighted by Gasteiger charge is -2.20. The van der Waals surface area contributed by atoms with Crippen LogP contribution in [0.1, 0.15) is 36.8 Å². The van der Waals surface area contributed by atoms with Crippen molar-refractivity contribution in [3.8, 4) is 0 Å². The molecule has 102 valence electrons. The van der Waals surface area contributed by atoms with E-state index in [1.54, 1.807) is 24.3 Å². The zero-order valence-electron chi connectivity index (χ0n) is 10.5. The first kappa shape index (κ1) is 15.1. The van der Waals surface area contributed by atoms with Crippen molar-refractivity contribution in [3.05, 3.63) is 35.4 Å². The molecule has 0 saturated heterocycles. The van der Waals surface area contributed by atoms with Crippen molar-refractivity contribution in [1.82, 2.24) is 0 Å². The summed E-state index contributed by atoms with van der Waals surface area (Å²) in [6.45, 7) is 0.122. The second-order valence-corrected chi connectivity index (χ2v) is 4.60. The Kier molecular flexibility index (Phi) is 6.90. The van der Waals surface area contributed by atoms with Crippen LogP contribution in [0.4, 0.5) is 0 Å². The van der Waals surface area contributed by atoms with E-state index in [-0.39, 0.29) is 25.4 Å². The summed E-state index contributed by atoms with van der Waals surface area (Å²) < 4.78 is 0. The zero-order valence-corrected chi connectivity index (χ0v) is 10.5. The predicted octanol–water partition coefficient (Wildman–Crippen LogP) is 0.953. The van der Waals surface area contributed by atoms with Gasteiger partial charge in [-0.25, -0.2) is 0 Å². The van der Waals surface area contributed by atoms with Crippen LogP contribution in [0.3, 0.4) is 0 Å². The Morgan fingerprint density at radius 2 is 1.00 bits per heavy atom. The van der Waals surface area contributed by atoms with Crippen molar-refractivity contribution in [3.63, 3.8) is 0 Å². The average molecular weight is 254 g/mol. The molecule has 0 bridgehead atoms. The second kappa shape index (κ2) is 8.21. The van der Waals surface area contributed by atoms with Crippen molar-refractivity contribution in [2.45, 2.75) is 51.1 Å². The maximum absolute atomic E-state index is 8.92. The summed E-state index contributed by atoms with van der Waals surface area (Å²) in [7, 11) is 0. The summed E-state index contributed by atoms with van der Waals surface area (Å²) in [5.74, 6) is 0. The highest BCUT2D eigenvalue weighted by Crippen LogP contribution is 2.17. The van der Waals surface area contributed by atoms with Crippen LogP contribution >= 0.6 is 0 Å². The quantitative estimate of drug-likeness (QED) is 0.633. The molecule has 1 aliphatic carbocycles. The largest absolute Gasteiger partial charge is 0.393 e. The van der Waals surface area contributed by atoms with Gasteiger partial charge in [-0.1, -0.05) is 24.3 Å². The van der Waals surface area contributed by atoms with Gasteiger partial charge in [0.15, 0.2) is 0 Å². The Balaban J connectivity index is 0.000000184. The van der Waals surface area contributed by atoms with E-state index in [4.69, 9.17) is 20.4 Å². The van der Waals surface area contributed by atoms with E-state index < -0.39 is 0 Å². The molecule has 18 heavy (non-hydrogen) atoms. The van der Waals surface area contributed by atoms with E-state index in [1.807, 2.05) is 0 Å². The summed E-state index contributed by atoms with van der Waals surface area (Å²) in [6, 6.07) is 7.19. The fraction of sp³-hybridized carbons (Fsp3) is 0.571.